The van der Waals surface area contributed by atoms with Gasteiger partial charge in [-0.1, -0.05) is 12.1 Å². The summed E-state index contributed by atoms with van der Waals surface area (Å²) < 4.78 is 38.9. The highest BCUT2D eigenvalue weighted by Crippen LogP contribution is 2.35. The average Bonchev–Trinajstić information content (AvgIpc) is 2.89. The molecule has 3 rings (SSSR count). The summed E-state index contributed by atoms with van der Waals surface area (Å²) in [7, 11) is 0. The molecule has 20 heavy (non-hydrogen) atoms. The molecule has 0 bridgehead atoms. The minimum Gasteiger partial charge on any atom is -0.303 e. The predicted molar refractivity (Wildman–Crippen MR) is 64.9 cm³/mol. The molecule has 2 aromatic heterocycles. The van der Waals surface area contributed by atoms with Crippen LogP contribution < -0.4 is 5.69 Å². The SMILES string of the molecule is O=c1nc2c(C(F)(F)F)cccc2c(-c2ccn[nH]2)[nH]1. The third-order valence-corrected chi connectivity index (χ3v) is 2.83. The van der Waals surface area contributed by atoms with Gasteiger partial charge in [-0.3, -0.25) is 5.10 Å². The highest BCUT2D eigenvalue weighted by Gasteiger charge is 2.33. The standard InChI is InChI=1S/C12H7F3N4O/c13-12(14,15)7-3-1-2-6-9(7)17-11(20)18-10(6)8-4-5-16-19-8/h1-5H,(H,16,19)(H,17,18,20). The van der Waals surface area contributed by atoms with E-state index in [1.807, 2.05) is 0 Å². The number of rotatable bonds is 1. The molecule has 0 fully saturated rings. The van der Waals surface area contributed by atoms with Crippen molar-refractivity contribution in [3.63, 3.8) is 0 Å². The number of halogens is 3. The average molecular weight is 280 g/mol. The van der Waals surface area contributed by atoms with E-state index in [9.17, 15) is 18.0 Å². The van der Waals surface area contributed by atoms with Crippen molar-refractivity contribution in [1.82, 2.24) is 20.2 Å². The van der Waals surface area contributed by atoms with Crippen molar-refractivity contribution >= 4 is 10.9 Å². The summed E-state index contributed by atoms with van der Waals surface area (Å²) in [6.45, 7) is 0. The van der Waals surface area contributed by atoms with Crippen molar-refractivity contribution in [3.8, 4) is 11.4 Å². The summed E-state index contributed by atoms with van der Waals surface area (Å²) in [6, 6.07) is 5.17. The van der Waals surface area contributed by atoms with E-state index in [1.54, 1.807) is 6.07 Å². The van der Waals surface area contributed by atoms with Gasteiger partial charge >= 0.3 is 11.9 Å². The third kappa shape index (κ3) is 1.94. The minimum absolute atomic E-state index is 0.198. The molecule has 2 heterocycles. The second-order valence-electron chi connectivity index (χ2n) is 4.09. The Hall–Kier alpha value is -2.64. The summed E-state index contributed by atoms with van der Waals surface area (Å²) in [5, 5.41) is 6.52. The zero-order valence-electron chi connectivity index (χ0n) is 9.82. The summed E-state index contributed by atoms with van der Waals surface area (Å²) in [5.74, 6) is 0. The van der Waals surface area contributed by atoms with Crippen LogP contribution in [0.3, 0.4) is 0 Å². The third-order valence-electron chi connectivity index (χ3n) is 2.83. The molecule has 0 aliphatic carbocycles. The zero-order valence-corrected chi connectivity index (χ0v) is 9.82. The van der Waals surface area contributed by atoms with Gasteiger partial charge in [0.1, 0.15) is 0 Å². The van der Waals surface area contributed by atoms with Crippen molar-refractivity contribution < 1.29 is 13.2 Å². The first-order chi connectivity index (χ1) is 9.47. The lowest BCUT2D eigenvalue weighted by atomic mass is 10.1. The number of nitrogens with zero attached hydrogens (tertiary/aromatic N) is 2. The van der Waals surface area contributed by atoms with E-state index in [0.717, 1.165) is 6.07 Å². The number of aromatic amines is 2. The Bertz CT molecular complexity index is 821. The number of para-hydroxylation sites is 1. The van der Waals surface area contributed by atoms with Crippen molar-refractivity contribution in [2.75, 3.05) is 0 Å². The van der Waals surface area contributed by atoms with Crippen LogP contribution in [0.25, 0.3) is 22.3 Å². The highest BCUT2D eigenvalue weighted by molar-refractivity contribution is 5.93. The molecule has 8 heteroatoms. The van der Waals surface area contributed by atoms with Gasteiger partial charge < -0.3 is 4.98 Å². The second-order valence-corrected chi connectivity index (χ2v) is 4.09. The fourth-order valence-corrected chi connectivity index (χ4v) is 2.01. The molecule has 0 atom stereocenters. The predicted octanol–water partition coefficient (Wildman–Crippen LogP) is 2.33. The van der Waals surface area contributed by atoms with Crippen molar-refractivity contribution in [3.05, 3.63) is 46.5 Å². The van der Waals surface area contributed by atoms with E-state index in [-0.39, 0.29) is 16.6 Å². The molecule has 102 valence electrons. The van der Waals surface area contributed by atoms with Crippen LogP contribution in [-0.2, 0) is 6.18 Å². The summed E-state index contributed by atoms with van der Waals surface area (Å²) in [4.78, 5) is 17.4. The van der Waals surface area contributed by atoms with E-state index in [0.29, 0.717) is 5.69 Å². The van der Waals surface area contributed by atoms with Gasteiger partial charge in [0.15, 0.2) is 0 Å². The van der Waals surface area contributed by atoms with Gasteiger partial charge in [0, 0.05) is 11.6 Å². The van der Waals surface area contributed by atoms with Gasteiger partial charge in [0.05, 0.1) is 22.5 Å². The van der Waals surface area contributed by atoms with E-state index in [1.165, 1.54) is 18.3 Å². The molecular weight excluding hydrogens is 273 g/mol. The van der Waals surface area contributed by atoms with Crippen molar-refractivity contribution in [2.45, 2.75) is 6.18 Å². The quantitative estimate of drug-likeness (QED) is 0.718. The van der Waals surface area contributed by atoms with Crippen LogP contribution in [0.15, 0.2) is 35.3 Å². The highest BCUT2D eigenvalue weighted by atomic mass is 19.4. The summed E-state index contributed by atoms with van der Waals surface area (Å²) in [6.07, 6.45) is -3.14. The molecular formula is C12H7F3N4O. The zero-order chi connectivity index (χ0) is 14.3. The summed E-state index contributed by atoms with van der Waals surface area (Å²) in [5.41, 5.74) is -1.54. The van der Waals surface area contributed by atoms with E-state index in [4.69, 9.17) is 0 Å². The lowest BCUT2D eigenvalue weighted by molar-refractivity contribution is -0.136. The largest absolute Gasteiger partial charge is 0.418 e. The Morgan fingerprint density at radius 3 is 2.60 bits per heavy atom. The van der Waals surface area contributed by atoms with Crippen LogP contribution in [0.2, 0.25) is 0 Å². The lowest BCUT2D eigenvalue weighted by Crippen LogP contribution is -2.15. The first-order valence-electron chi connectivity index (χ1n) is 5.57. The summed E-state index contributed by atoms with van der Waals surface area (Å²) >= 11 is 0. The van der Waals surface area contributed by atoms with Crippen molar-refractivity contribution in [1.29, 1.82) is 0 Å². The van der Waals surface area contributed by atoms with Crippen LogP contribution in [-0.4, -0.2) is 20.2 Å². The second kappa shape index (κ2) is 4.19. The number of hydrogen-bond acceptors (Lipinski definition) is 3. The smallest absolute Gasteiger partial charge is 0.303 e. The Balaban J connectivity index is 2.42. The lowest BCUT2D eigenvalue weighted by Gasteiger charge is -2.10. The molecule has 0 aliphatic rings. The number of nitrogens with one attached hydrogen (secondary N) is 2. The number of alkyl halides is 3. The van der Waals surface area contributed by atoms with E-state index in [2.05, 4.69) is 20.2 Å². The molecule has 0 saturated heterocycles. The molecule has 3 aromatic rings. The number of aromatic nitrogens is 4. The normalized spacial score (nSPS) is 11.9. The van der Waals surface area contributed by atoms with Gasteiger partial charge in [-0.15, -0.1) is 0 Å². The topological polar surface area (TPSA) is 74.4 Å². The molecule has 0 aliphatic heterocycles. The first-order valence-corrected chi connectivity index (χ1v) is 5.57. The van der Waals surface area contributed by atoms with Gasteiger partial charge in [-0.05, 0) is 12.1 Å². The van der Waals surface area contributed by atoms with Crippen LogP contribution in [0.1, 0.15) is 5.56 Å². The molecule has 1 aromatic carbocycles. The Kier molecular flexibility index (Phi) is 2.60. The van der Waals surface area contributed by atoms with E-state index >= 15 is 0 Å². The molecule has 0 radical (unpaired) electrons. The fourth-order valence-electron chi connectivity index (χ4n) is 2.01. The van der Waals surface area contributed by atoms with Gasteiger partial charge in [-0.25, -0.2) is 4.79 Å². The van der Waals surface area contributed by atoms with Gasteiger partial charge in [0.25, 0.3) is 0 Å². The fraction of sp³-hybridized carbons (Fsp3) is 0.0833. The molecule has 2 N–H and O–H groups in total. The minimum atomic E-state index is -4.58. The number of fused-ring (bicyclic) bond motifs is 1. The van der Waals surface area contributed by atoms with Crippen LogP contribution in [0.5, 0.6) is 0 Å². The Morgan fingerprint density at radius 1 is 1.15 bits per heavy atom. The molecule has 0 amide bonds. The maximum atomic E-state index is 13.0. The van der Waals surface area contributed by atoms with E-state index < -0.39 is 17.4 Å². The van der Waals surface area contributed by atoms with Crippen LogP contribution in [0.4, 0.5) is 13.2 Å². The molecule has 0 spiro atoms. The number of benzene rings is 1. The van der Waals surface area contributed by atoms with Gasteiger partial charge in [0.2, 0.25) is 0 Å². The van der Waals surface area contributed by atoms with Crippen molar-refractivity contribution in [2.24, 2.45) is 0 Å². The Morgan fingerprint density at radius 2 is 1.95 bits per heavy atom. The molecule has 0 unspecified atom stereocenters. The van der Waals surface area contributed by atoms with Gasteiger partial charge in [-0.2, -0.15) is 23.3 Å². The monoisotopic (exact) mass is 280 g/mol. The molecule has 0 saturated carbocycles. The number of H-pyrrole nitrogens is 2. The number of hydrogen-bond donors (Lipinski definition) is 2. The maximum Gasteiger partial charge on any atom is 0.418 e. The van der Waals surface area contributed by atoms with Crippen LogP contribution >= 0.6 is 0 Å². The van der Waals surface area contributed by atoms with Crippen LogP contribution in [0, 0.1) is 0 Å². The molecule has 5 nitrogen and oxygen atoms in total. The first kappa shape index (κ1) is 12.4. The maximum absolute atomic E-state index is 13.0. The Labute approximate surface area is 109 Å².